The van der Waals surface area contributed by atoms with Gasteiger partial charge in [-0.05, 0) is 35.8 Å². The van der Waals surface area contributed by atoms with Crippen LogP contribution in [0.2, 0.25) is 0 Å². The molecule has 1 unspecified atom stereocenters. The summed E-state index contributed by atoms with van der Waals surface area (Å²) in [7, 11) is 1.71. The second-order valence-electron chi connectivity index (χ2n) is 6.72. The van der Waals surface area contributed by atoms with Crippen LogP contribution in [0.5, 0.6) is 5.75 Å². The molecular formula is C24H23NO2. The van der Waals surface area contributed by atoms with Crippen molar-refractivity contribution in [3.05, 3.63) is 114 Å². The summed E-state index contributed by atoms with van der Waals surface area (Å²) in [6, 6.07) is 22.7. The Morgan fingerprint density at radius 3 is 2.44 bits per heavy atom. The second kappa shape index (κ2) is 7.29. The summed E-state index contributed by atoms with van der Waals surface area (Å²) >= 11 is 0. The van der Waals surface area contributed by atoms with E-state index in [1.54, 1.807) is 7.11 Å². The highest BCUT2D eigenvalue weighted by Crippen LogP contribution is 2.49. The van der Waals surface area contributed by atoms with Crippen LogP contribution in [-0.4, -0.2) is 23.3 Å². The van der Waals surface area contributed by atoms with E-state index in [0.29, 0.717) is 6.42 Å². The Hall–Kier alpha value is -3.04. The van der Waals surface area contributed by atoms with Crippen LogP contribution in [0.1, 0.15) is 23.2 Å². The molecule has 0 saturated heterocycles. The molecule has 0 saturated carbocycles. The first-order chi connectivity index (χ1) is 13.3. The maximum Gasteiger partial charge on any atom is 0.123 e. The Bertz CT molecular complexity index is 957. The number of allylic oxidation sites excluding steroid dienone is 2. The Labute approximate surface area is 159 Å². The number of aromatic amines is 1. The van der Waals surface area contributed by atoms with Crippen LogP contribution in [0.25, 0.3) is 0 Å². The molecule has 0 aliphatic heterocycles. The first kappa shape index (κ1) is 17.4. The van der Waals surface area contributed by atoms with E-state index in [-0.39, 0.29) is 0 Å². The fraction of sp³-hybridized carbons (Fsp3) is 0.167. The summed E-state index contributed by atoms with van der Waals surface area (Å²) in [5.41, 5.74) is 3.82. The molecule has 3 heteroatoms. The normalized spacial score (nSPS) is 18.6. The SMILES string of the molecule is COc1ccccc1[C@](C1=CCC(O)C=C1)(c1ccccc1)c1ccc[nH]1. The summed E-state index contributed by atoms with van der Waals surface area (Å²) in [4.78, 5) is 3.44. The van der Waals surface area contributed by atoms with E-state index in [1.165, 1.54) is 0 Å². The lowest BCUT2D eigenvalue weighted by atomic mass is 9.65. The van der Waals surface area contributed by atoms with Gasteiger partial charge in [0.1, 0.15) is 5.75 Å². The van der Waals surface area contributed by atoms with Gasteiger partial charge in [-0.2, -0.15) is 0 Å². The zero-order chi connectivity index (χ0) is 18.7. The van der Waals surface area contributed by atoms with E-state index in [1.807, 2.05) is 48.7 Å². The smallest absolute Gasteiger partial charge is 0.123 e. The van der Waals surface area contributed by atoms with Crippen molar-refractivity contribution < 1.29 is 9.84 Å². The Morgan fingerprint density at radius 1 is 1.00 bits per heavy atom. The fourth-order valence-corrected chi connectivity index (χ4v) is 4.03. The number of H-pyrrole nitrogens is 1. The number of ether oxygens (including phenoxy) is 1. The van der Waals surface area contributed by atoms with Gasteiger partial charge < -0.3 is 14.8 Å². The molecule has 27 heavy (non-hydrogen) atoms. The van der Waals surface area contributed by atoms with Crippen molar-refractivity contribution in [3.63, 3.8) is 0 Å². The second-order valence-corrected chi connectivity index (χ2v) is 6.72. The van der Waals surface area contributed by atoms with Crippen molar-refractivity contribution in [2.75, 3.05) is 7.11 Å². The molecule has 1 heterocycles. The lowest BCUT2D eigenvalue weighted by Crippen LogP contribution is -2.33. The molecular weight excluding hydrogens is 334 g/mol. The van der Waals surface area contributed by atoms with E-state index >= 15 is 0 Å². The number of hydrogen-bond donors (Lipinski definition) is 2. The van der Waals surface area contributed by atoms with Gasteiger partial charge in [0.15, 0.2) is 0 Å². The minimum atomic E-state index is -0.562. The van der Waals surface area contributed by atoms with Gasteiger partial charge in [-0.25, -0.2) is 0 Å². The summed E-state index contributed by atoms with van der Waals surface area (Å²) in [6.07, 6.45) is 8.13. The van der Waals surface area contributed by atoms with E-state index in [0.717, 1.165) is 28.1 Å². The topological polar surface area (TPSA) is 45.2 Å². The predicted molar refractivity (Wildman–Crippen MR) is 108 cm³/mol. The molecule has 0 bridgehead atoms. The largest absolute Gasteiger partial charge is 0.496 e. The Kier molecular flexibility index (Phi) is 4.69. The van der Waals surface area contributed by atoms with Gasteiger partial charge in [-0.3, -0.25) is 0 Å². The molecule has 1 aromatic heterocycles. The van der Waals surface area contributed by atoms with Gasteiger partial charge >= 0.3 is 0 Å². The molecule has 2 aromatic carbocycles. The number of aromatic nitrogens is 1. The van der Waals surface area contributed by atoms with E-state index in [4.69, 9.17) is 4.74 Å². The van der Waals surface area contributed by atoms with E-state index in [2.05, 4.69) is 47.5 Å². The first-order valence-electron chi connectivity index (χ1n) is 9.16. The quantitative estimate of drug-likeness (QED) is 0.701. The van der Waals surface area contributed by atoms with Crippen molar-refractivity contribution >= 4 is 0 Å². The number of para-hydroxylation sites is 1. The zero-order valence-corrected chi connectivity index (χ0v) is 15.3. The lowest BCUT2D eigenvalue weighted by Gasteiger charge is -2.38. The van der Waals surface area contributed by atoms with Gasteiger partial charge in [0, 0.05) is 17.5 Å². The first-order valence-corrected chi connectivity index (χ1v) is 9.16. The molecule has 3 nitrogen and oxygen atoms in total. The number of hydrogen-bond acceptors (Lipinski definition) is 2. The van der Waals surface area contributed by atoms with Crippen molar-refractivity contribution in [1.82, 2.24) is 4.98 Å². The highest BCUT2D eigenvalue weighted by molar-refractivity contribution is 5.63. The molecule has 136 valence electrons. The monoisotopic (exact) mass is 357 g/mol. The van der Waals surface area contributed by atoms with E-state index < -0.39 is 11.5 Å². The van der Waals surface area contributed by atoms with Gasteiger partial charge in [0.2, 0.25) is 0 Å². The highest BCUT2D eigenvalue weighted by atomic mass is 16.5. The zero-order valence-electron chi connectivity index (χ0n) is 15.3. The third-order valence-electron chi connectivity index (χ3n) is 5.23. The van der Waals surface area contributed by atoms with Crippen LogP contribution < -0.4 is 4.74 Å². The maximum atomic E-state index is 10.0. The lowest BCUT2D eigenvalue weighted by molar-refractivity contribution is 0.224. The van der Waals surface area contributed by atoms with Crippen LogP contribution in [0, 0.1) is 0 Å². The molecule has 1 aliphatic rings. The Balaban J connectivity index is 2.09. The van der Waals surface area contributed by atoms with Gasteiger partial charge in [0.25, 0.3) is 0 Å². The van der Waals surface area contributed by atoms with Crippen LogP contribution in [0.15, 0.2) is 96.7 Å². The number of aliphatic hydroxyl groups excluding tert-OH is 1. The third kappa shape index (κ3) is 2.90. The Morgan fingerprint density at radius 2 is 1.78 bits per heavy atom. The predicted octanol–water partition coefficient (Wildman–Crippen LogP) is 4.60. The summed E-state index contributed by atoms with van der Waals surface area (Å²) in [5, 5.41) is 10.0. The molecule has 2 N–H and O–H groups in total. The molecule has 0 radical (unpaired) electrons. The van der Waals surface area contributed by atoms with Crippen molar-refractivity contribution in [3.8, 4) is 5.75 Å². The van der Waals surface area contributed by atoms with E-state index in [9.17, 15) is 5.11 Å². The standard InChI is InChI=1S/C24H23NO2/c1-27-22-11-6-5-10-21(22)24(23-12-7-17-25-23,18-8-3-2-4-9-18)19-13-15-20(26)16-14-19/h2-15,17,20,25-26H,16H2,1H3/t20?,24-/m1/s1. The van der Waals surface area contributed by atoms with Gasteiger partial charge in [-0.1, -0.05) is 66.8 Å². The molecule has 2 atom stereocenters. The fourth-order valence-electron chi connectivity index (χ4n) is 4.03. The number of rotatable bonds is 5. The number of benzene rings is 2. The molecule has 1 aliphatic carbocycles. The summed E-state index contributed by atoms with van der Waals surface area (Å²) < 4.78 is 5.77. The van der Waals surface area contributed by atoms with Gasteiger partial charge in [-0.15, -0.1) is 0 Å². The minimum absolute atomic E-state index is 0.441. The molecule has 3 aromatic rings. The number of aliphatic hydroxyl groups is 1. The van der Waals surface area contributed by atoms with Crippen LogP contribution >= 0.6 is 0 Å². The summed E-state index contributed by atoms with van der Waals surface area (Å²) in [6.45, 7) is 0. The van der Waals surface area contributed by atoms with Crippen LogP contribution in [0.4, 0.5) is 0 Å². The van der Waals surface area contributed by atoms with Crippen molar-refractivity contribution in [1.29, 1.82) is 0 Å². The number of nitrogens with one attached hydrogen (secondary N) is 1. The highest BCUT2D eigenvalue weighted by Gasteiger charge is 2.42. The average molecular weight is 357 g/mol. The molecule has 0 amide bonds. The molecule has 0 spiro atoms. The van der Waals surface area contributed by atoms with Gasteiger partial charge in [0.05, 0.1) is 18.6 Å². The minimum Gasteiger partial charge on any atom is -0.496 e. The average Bonchev–Trinajstić information content (AvgIpc) is 3.26. The van der Waals surface area contributed by atoms with Crippen LogP contribution in [-0.2, 0) is 5.41 Å². The third-order valence-corrected chi connectivity index (χ3v) is 5.23. The van der Waals surface area contributed by atoms with Crippen molar-refractivity contribution in [2.45, 2.75) is 17.9 Å². The van der Waals surface area contributed by atoms with Crippen LogP contribution in [0.3, 0.4) is 0 Å². The van der Waals surface area contributed by atoms with Crippen molar-refractivity contribution in [2.24, 2.45) is 0 Å². The summed E-state index contributed by atoms with van der Waals surface area (Å²) in [5.74, 6) is 0.830. The molecule has 4 rings (SSSR count). The maximum absolute atomic E-state index is 10.0. The number of methoxy groups -OCH3 is 1. The molecule has 0 fully saturated rings.